The highest BCUT2D eigenvalue weighted by molar-refractivity contribution is 6.43. The summed E-state index contributed by atoms with van der Waals surface area (Å²) in [5, 5.41) is 28.8. The zero-order chi connectivity index (χ0) is 35.3. The van der Waals surface area contributed by atoms with Crippen molar-refractivity contribution in [3.63, 3.8) is 0 Å². The molecular formula is C29H33ClN12O6. The number of nitrogens with one attached hydrogen (secondary N) is 10. The predicted octanol–water partition coefficient (Wildman–Crippen LogP) is 3.51. The number of oxime groups is 1. The second-order valence-electron chi connectivity index (χ2n) is 10.4. The monoisotopic (exact) mass is 680 g/mol. The molecule has 0 atom stereocenters. The van der Waals surface area contributed by atoms with Gasteiger partial charge < -0.3 is 41.4 Å². The van der Waals surface area contributed by atoms with Gasteiger partial charge in [-0.1, -0.05) is 30.3 Å². The van der Waals surface area contributed by atoms with E-state index in [9.17, 15) is 24.0 Å². The van der Waals surface area contributed by atoms with E-state index in [-0.39, 0.29) is 39.5 Å². The van der Waals surface area contributed by atoms with Crippen LogP contribution >= 0.6 is 11.6 Å². The van der Waals surface area contributed by atoms with Crippen LogP contribution in [0, 0.1) is 27.7 Å². The topological polar surface area (TPSA) is 266 Å². The third-order valence-corrected chi connectivity index (χ3v) is 7.51. The number of amides is 5. The van der Waals surface area contributed by atoms with Crippen LogP contribution in [-0.4, -0.2) is 65.7 Å². The number of aromatic nitrogens is 5. The summed E-state index contributed by atoms with van der Waals surface area (Å²) < 4.78 is 0. The molecule has 0 aromatic carbocycles. The number of halogens is 1. The molecule has 4 aromatic heterocycles. The van der Waals surface area contributed by atoms with Crippen LogP contribution in [0.15, 0.2) is 35.4 Å². The molecule has 0 radical (unpaired) electrons. The SMILES string of the molecule is C=C(Cl)C(=O)Nc1n[nH]c(C(=O)Nc2c[nH]c(C(=O)Nc3c[nH]c(C(=O)Nc4c[nH]c(C(=O)NNC(CC)=NO)c4C)c3C)c2C)c1C. The lowest BCUT2D eigenvalue weighted by atomic mass is 10.2. The number of nitrogens with zero attached hydrogens (tertiary/aromatic N) is 2. The highest BCUT2D eigenvalue weighted by Crippen LogP contribution is 2.25. The molecule has 19 heteroatoms. The molecule has 48 heavy (non-hydrogen) atoms. The van der Waals surface area contributed by atoms with Crippen LogP contribution in [0.3, 0.4) is 0 Å². The number of aromatic amines is 4. The van der Waals surface area contributed by atoms with E-state index in [0.717, 1.165) is 0 Å². The molecule has 0 aliphatic rings. The Hall–Kier alpha value is -6.30. The second-order valence-corrected chi connectivity index (χ2v) is 10.8. The van der Waals surface area contributed by atoms with Crippen molar-refractivity contribution < 1.29 is 29.2 Å². The summed E-state index contributed by atoms with van der Waals surface area (Å²) in [6.45, 7) is 11.6. The van der Waals surface area contributed by atoms with Crippen molar-refractivity contribution in [1.82, 2.24) is 36.0 Å². The van der Waals surface area contributed by atoms with Crippen LogP contribution in [0.25, 0.3) is 0 Å². The molecule has 0 saturated heterocycles. The zero-order valence-electron chi connectivity index (χ0n) is 26.4. The van der Waals surface area contributed by atoms with Gasteiger partial charge in [-0.3, -0.25) is 39.9 Å². The van der Waals surface area contributed by atoms with Crippen molar-refractivity contribution >= 4 is 69.9 Å². The van der Waals surface area contributed by atoms with Gasteiger partial charge >= 0.3 is 0 Å². The maximum absolute atomic E-state index is 13.2. The fourth-order valence-corrected chi connectivity index (χ4v) is 4.48. The van der Waals surface area contributed by atoms with Crippen molar-refractivity contribution in [3.8, 4) is 0 Å². The average molecular weight is 681 g/mol. The van der Waals surface area contributed by atoms with Gasteiger partial charge in [0.15, 0.2) is 11.7 Å². The van der Waals surface area contributed by atoms with Crippen LogP contribution in [-0.2, 0) is 4.79 Å². The van der Waals surface area contributed by atoms with E-state index in [1.165, 1.54) is 18.6 Å². The lowest BCUT2D eigenvalue weighted by molar-refractivity contribution is -0.112. The largest absolute Gasteiger partial charge is 0.409 e. The minimum atomic E-state index is -0.664. The highest BCUT2D eigenvalue weighted by Gasteiger charge is 2.23. The molecule has 0 aliphatic heterocycles. The summed E-state index contributed by atoms with van der Waals surface area (Å²) in [5.41, 5.74) is 8.18. The number of carbonyl (C=O) groups excluding carboxylic acids is 5. The fourth-order valence-electron chi connectivity index (χ4n) is 4.43. The first-order valence-electron chi connectivity index (χ1n) is 14.2. The normalized spacial score (nSPS) is 11.1. The summed E-state index contributed by atoms with van der Waals surface area (Å²) in [6, 6.07) is 0. The number of carbonyl (C=O) groups is 5. The summed E-state index contributed by atoms with van der Waals surface area (Å²) >= 11 is 5.59. The van der Waals surface area contributed by atoms with Crippen molar-refractivity contribution in [2.24, 2.45) is 5.16 Å². The number of rotatable bonds is 10. The van der Waals surface area contributed by atoms with E-state index in [0.29, 0.717) is 45.7 Å². The Balaban J connectivity index is 1.40. The third-order valence-electron chi connectivity index (χ3n) is 7.34. The van der Waals surface area contributed by atoms with Crippen LogP contribution in [0.2, 0.25) is 0 Å². The molecular weight excluding hydrogens is 648 g/mol. The Morgan fingerprint density at radius 1 is 0.729 bits per heavy atom. The van der Waals surface area contributed by atoms with E-state index in [4.69, 9.17) is 16.8 Å². The maximum Gasteiger partial charge on any atom is 0.286 e. The van der Waals surface area contributed by atoms with Crippen molar-refractivity contribution in [2.75, 3.05) is 21.3 Å². The number of amidine groups is 1. The molecule has 252 valence electrons. The Morgan fingerprint density at radius 2 is 1.17 bits per heavy atom. The van der Waals surface area contributed by atoms with Gasteiger partial charge in [-0.15, -0.1) is 0 Å². The summed E-state index contributed by atoms with van der Waals surface area (Å²) in [6.07, 6.45) is 4.72. The number of hydrazine groups is 1. The van der Waals surface area contributed by atoms with E-state index >= 15 is 0 Å². The second kappa shape index (κ2) is 14.4. The fraction of sp³-hybridized carbons (Fsp3) is 0.207. The average Bonchev–Trinajstić information content (AvgIpc) is 3.81. The molecule has 0 saturated carbocycles. The van der Waals surface area contributed by atoms with Crippen LogP contribution in [0.5, 0.6) is 0 Å². The Labute approximate surface area is 277 Å². The maximum atomic E-state index is 13.2. The van der Waals surface area contributed by atoms with Crippen LogP contribution in [0.1, 0.15) is 77.6 Å². The Morgan fingerprint density at radius 3 is 1.58 bits per heavy atom. The first-order valence-corrected chi connectivity index (χ1v) is 14.6. The van der Waals surface area contributed by atoms with Crippen LogP contribution < -0.4 is 32.1 Å². The molecule has 18 nitrogen and oxygen atoms in total. The van der Waals surface area contributed by atoms with Gasteiger partial charge in [-0.2, -0.15) is 5.10 Å². The van der Waals surface area contributed by atoms with E-state index in [1.807, 2.05) is 0 Å². The zero-order valence-corrected chi connectivity index (χ0v) is 27.2. The molecule has 0 bridgehead atoms. The van der Waals surface area contributed by atoms with E-state index in [2.05, 4.69) is 69.0 Å². The number of hydrogen-bond donors (Lipinski definition) is 11. The first kappa shape index (κ1) is 34.6. The molecule has 0 aliphatic carbocycles. The Bertz CT molecular complexity index is 1960. The molecule has 4 rings (SSSR count). The smallest absolute Gasteiger partial charge is 0.286 e. The minimum absolute atomic E-state index is 0.0794. The molecule has 5 amide bonds. The Kier molecular flexibility index (Phi) is 10.4. The highest BCUT2D eigenvalue weighted by atomic mass is 35.5. The molecule has 0 spiro atoms. The van der Waals surface area contributed by atoms with Gasteiger partial charge in [0, 0.05) is 47.3 Å². The number of hydrogen-bond acceptors (Lipinski definition) is 8. The molecule has 0 fully saturated rings. The van der Waals surface area contributed by atoms with Gasteiger partial charge in [-0.05, 0) is 27.7 Å². The number of anilines is 4. The van der Waals surface area contributed by atoms with Crippen LogP contribution in [0.4, 0.5) is 22.9 Å². The van der Waals surface area contributed by atoms with Crippen molar-refractivity contribution in [1.29, 1.82) is 0 Å². The van der Waals surface area contributed by atoms with Crippen molar-refractivity contribution in [3.05, 3.63) is 75.2 Å². The summed E-state index contributed by atoms with van der Waals surface area (Å²) in [4.78, 5) is 72.0. The molecule has 0 unspecified atom stereocenters. The van der Waals surface area contributed by atoms with Gasteiger partial charge in [0.25, 0.3) is 29.5 Å². The summed E-state index contributed by atoms with van der Waals surface area (Å²) in [5.74, 6) is -2.57. The lowest BCUT2D eigenvalue weighted by Gasteiger charge is -2.09. The van der Waals surface area contributed by atoms with E-state index in [1.54, 1.807) is 34.6 Å². The first-order chi connectivity index (χ1) is 22.8. The minimum Gasteiger partial charge on any atom is -0.409 e. The quantitative estimate of drug-likeness (QED) is 0.0387. The summed E-state index contributed by atoms with van der Waals surface area (Å²) in [7, 11) is 0. The van der Waals surface area contributed by atoms with Gasteiger partial charge in [0.2, 0.25) is 0 Å². The predicted molar refractivity (Wildman–Crippen MR) is 178 cm³/mol. The molecule has 11 N–H and O–H groups in total. The van der Waals surface area contributed by atoms with Gasteiger partial charge in [0.1, 0.15) is 22.8 Å². The standard InChI is InChI=1S/C29H33ClN12O6/c1-7-19(42-48)38-41-29(47)22-13(4)18(10-33-22)35-27(45)20-11(2)16(8-31-20)34-26(44)21-12(3)17(9-32-21)36-28(46)23-14(5)24(40-39-23)37-25(43)15(6)30/h8-10,31-33,48H,6-7H2,1-5H3,(H,34,44)(H,35,45)(H,36,46)(H,38,42)(H,41,47)(H2,37,39,40,43). The van der Waals surface area contributed by atoms with Gasteiger partial charge in [0.05, 0.1) is 22.1 Å². The van der Waals surface area contributed by atoms with Crippen molar-refractivity contribution in [2.45, 2.75) is 41.0 Å². The third kappa shape index (κ3) is 7.23. The van der Waals surface area contributed by atoms with Gasteiger partial charge in [-0.25, -0.2) is 0 Å². The number of H-pyrrole nitrogens is 4. The lowest BCUT2D eigenvalue weighted by Crippen LogP contribution is -2.41. The van der Waals surface area contributed by atoms with E-state index < -0.39 is 29.5 Å². The molecule has 4 aromatic rings. The molecule has 4 heterocycles.